The minimum absolute atomic E-state index is 0.177. The summed E-state index contributed by atoms with van der Waals surface area (Å²) in [6.07, 6.45) is 4.59. The van der Waals surface area contributed by atoms with Gasteiger partial charge in [0.25, 0.3) is 0 Å². The Kier molecular flexibility index (Phi) is 5.38. The number of hydrogen-bond donors (Lipinski definition) is 1. The fraction of sp³-hybridized carbons (Fsp3) is 0.562. The maximum absolute atomic E-state index is 9.17. The van der Waals surface area contributed by atoms with Gasteiger partial charge >= 0.3 is 0 Å². The van der Waals surface area contributed by atoms with Crippen molar-refractivity contribution in [3.63, 3.8) is 0 Å². The van der Waals surface area contributed by atoms with Crippen LogP contribution in [0.15, 0.2) is 24.3 Å². The first-order valence-electron chi connectivity index (χ1n) is 7.03. The molecule has 1 fully saturated rings. The Morgan fingerprint density at radius 2 is 2.11 bits per heavy atom. The molecule has 0 aliphatic heterocycles. The van der Waals surface area contributed by atoms with Gasteiger partial charge in [-0.15, -0.1) is 0 Å². The Bertz CT molecular complexity index is 439. The van der Waals surface area contributed by atoms with Crippen molar-refractivity contribution >= 4 is 0 Å². The molecule has 0 heterocycles. The van der Waals surface area contributed by atoms with Gasteiger partial charge in [-0.05, 0) is 24.0 Å². The first-order chi connectivity index (χ1) is 9.33. The van der Waals surface area contributed by atoms with E-state index in [2.05, 4.69) is 35.7 Å². The molecule has 1 aliphatic carbocycles. The van der Waals surface area contributed by atoms with Crippen molar-refractivity contribution in [3.8, 4) is 6.07 Å². The Morgan fingerprint density at radius 1 is 1.32 bits per heavy atom. The molecule has 0 saturated heterocycles. The van der Waals surface area contributed by atoms with Gasteiger partial charge in [-0.3, -0.25) is 0 Å². The number of ether oxygens (including phenoxy) is 1. The molecule has 2 rings (SSSR count). The third-order valence-electron chi connectivity index (χ3n) is 3.80. The second-order valence-electron chi connectivity index (χ2n) is 5.26. The second-order valence-corrected chi connectivity index (χ2v) is 5.26. The lowest BCUT2D eigenvalue weighted by Gasteiger charge is -2.27. The predicted molar refractivity (Wildman–Crippen MR) is 75.4 cm³/mol. The van der Waals surface area contributed by atoms with Crippen LogP contribution in [0.2, 0.25) is 0 Å². The van der Waals surface area contributed by atoms with Crippen molar-refractivity contribution in [2.45, 2.75) is 44.9 Å². The van der Waals surface area contributed by atoms with Gasteiger partial charge < -0.3 is 10.1 Å². The summed E-state index contributed by atoms with van der Waals surface area (Å²) in [4.78, 5) is 0. The summed E-state index contributed by atoms with van der Waals surface area (Å²) in [6, 6.07) is 11.2. The van der Waals surface area contributed by atoms with Crippen LogP contribution < -0.4 is 5.32 Å². The first-order valence-corrected chi connectivity index (χ1v) is 7.03. The van der Waals surface area contributed by atoms with Crippen molar-refractivity contribution < 1.29 is 4.74 Å². The lowest BCUT2D eigenvalue weighted by atomic mass is 9.85. The number of nitrogens with one attached hydrogen (secondary N) is 1. The minimum Gasteiger partial charge on any atom is -0.380 e. The molecule has 1 saturated carbocycles. The van der Waals surface area contributed by atoms with Gasteiger partial charge in [-0.1, -0.05) is 37.1 Å². The molecular formula is C16H22N2O. The number of nitrogens with zero attached hydrogens (tertiary/aromatic N) is 1. The van der Waals surface area contributed by atoms with Crippen LogP contribution >= 0.6 is 0 Å². The largest absolute Gasteiger partial charge is 0.380 e. The van der Waals surface area contributed by atoms with E-state index in [1.54, 1.807) is 7.11 Å². The Morgan fingerprint density at radius 3 is 2.89 bits per heavy atom. The van der Waals surface area contributed by atoms with Crippen LogP contribution in [-0.2, 0) is 17.9 Å². The van der Waals surface area contributed by atoms with Crippen molar-refractivity contribution in [2.75, 3.05) is 7.11 Å². The summed E-state index contributed by atoms with van der Waals surface area (Å²) in [5.41, 5.74) is 2.46. The lowest BCUT2D eigenvalue weighted by molar-refractivity contribution is 0.185. The highest BCUT2D eigenvalue weighted by molar-refractivity contribution is 5.23. The van der Waals surface area contributed by atoms with Crippen LogP contribution in [0.4, 0.5) is 0 Å². The van der Waals surface area contributed by atoms with Gasteiger partial charge in [0, 0.05) is 19.7 Å². The number of nitriles is 1. The van der Waals surface area contributed by atoms with Gasteiger partial charge in [-0.2, -0.15) is 5.26 Å². The van der Waals surface area contributed by atoms with Crippen molar-refractivity contribution in [1.82, 2.24) is 5.32 Å². The summed E-state index contributed by atoms with van der Waals surface area (Å²) in [6.45, 7) is 1.48. The molecule has 0 amide bonds. The third kappa shape index (κ3) is 4.05. The molecule has 1 aromatic rings. The monoisotopic (exact) mass is 258 g/mol. The summed E-state index contributed by atoms with van der Waals surface area (Å²) >= 11 is 0. The fourth-order valence-corrected chi connectivity index (χ4v) is 2.77. The summed E-state index contributed by atoms with van der Waals surface area (Å²) in [5, 5.41) is 12.7. The molecule has 0 bridgehead atoms. The SMILES string of the molecule is COCc1cccc(CNC2CCCCC2C#N)c1. The summed E-state index contributed by atoms with van der Waals surface area (Å²) < 4.78 is 5.15. The average Bonchev–Trinajstić information content (AvgIpc) is 2.46. The zero-order chi connectivity index (χ0) is 13.5. The van der Waals surface area contributed by atoms with E-state index in [9.17, 15) is 0 Å². The van der Waals surface area contributed by atoms with Gasteiger partial charge in [0.1, 0.15) is 0 Å². The summed E-state index contributed by atoms with van der Waals surface area (Å²) in [7, 11) is 1.71. The first kappa shape index (κ1) is 14.0. The average molecular weight is 258 g/mol. The topological polar surface area (TPSA) is 45.0 Å². The number of benzene rings is 1. The smallest absolute Gasteiger partial charge is 0.0713 e. The van der Waals surface area contributed by atoms with Crippen molar-refractivity contribution in [2.24, 2.45) is 5.92 Å². The predicted octanol–water partition coefficient (Wildman–Crippen LogP) is 3.00. The van der Waals surface area contributed by atoms with Crippen LogP contribution in [0.25, 0.3) is 0 Å². The van der Waals surface area contributed by atoms with E-state index in [4.69, 9.17) is 10.00 Å². The maximum Gasteiger partial charge on any atom is 0.0713 e. The second kappa shape index (κ2) is 7.28. The quantitative estimate of drug-likeness (QED) is 0.883. The highest BCUT2D eigenvalue weighted by atomic mass is 16.5. The number of rotatable bonds is 5. The molecule has 3 heteroatoms. The van der Waals surface area contributed by atoms with Crippen molar-refractivity contribution in [1.29, 1.82) is 5.26 Å². The van der Waals surface area contributed by atoms with E-state index in [0.717, 1.165) is 19.4 Å². The Labute approximate surface area is 115 Å². The zero-order valence-electron chi connectivity index (χ0n) is 11.6. The van der Waals surface area contributed by atoms with E-state index >= 15 is 0 Å². The molecule has 19 heavy (non-hydrogen) atoms. The molecular weight excluding hydrogens is 236 g/mol. The van der Waals surface area contributed by atoms with Crippen LogP contribution in [0, 0.1) is 17.2 Å². The lowest BCUT2D eigenvalue weighted by Crippen LogP contribution is -2.37. The highest BCUT2D eigenvalue weighted by Crippen LogP contribution is 2.24. The van der Waals surface area contributed by atoms with E-state index < -0.39 is 0 Å². The van der Waals surface area contributed by atoms with Crippen LogP contribution in [0.3, 0.4) is 0 Å². The van der Waals surface area contributed by atoms with Gasteiger partial charge in [-0.25, -0.2) is 0 Å². The van der Waals surface area contributed by atoms with Gasteiger partial charge in [0.2, 0.25) is 0 Å². The normalized spacial score (nSPS) is 22.9. The van der Waals surface area contributed by atoms with E-state index in [0.29, 0.717) is 12.6 Å². The van der Waals surface area contributed by atoms with Crippen molar-refractivity contribution in [3.05, 3.63) is 35.4 Å². The third-order valence-corrected chi connectivity index (χ3v) is 3.80. The molecule has 3 nitrogen and oxygen atoms in total. The Balaban J connectivity index is 1.90. The molecule has 2 atom stereocenters. The van der Waals surface area contributed by atoms with E-state index in [1.807, 2.05) is 0 Å². The maximum atomic E-state index is 9.17. The fourth-order valence-electron chi connectivity index (χ4n) is 2.77. The van der Waals surface area contributed by atoms with Gasteiger partial charge in [0.05, 0.1) is 18.6 Å². The number of methoxy groups -OCH3 is 1. The molecule has 0 aromatic heterocycles. The molecule has 2 unspecified atom stereocenters. The minimum atomic E-state index is 0.177. The van der Waals surface area contributed by atoms with E-state index in [1.165, 1.54) is 24.0 Å². The molecule has 1 aromatic carbocycles. The molecule has 0 radical (unpaired) electrons. The molecule has 1 aliphatic rings. The Hall–Kier alpha value is -1.37. The zero-order valence-corrected chi connectivity index (χ0v) is 11.6. The standard InChI is InChI=1S/C16H22N2O/c1-19-12-14-6-4-5-13(9-14)11-18-16-8-3-2-7-15(16)10-17/h4-6,9,15-16,18H,2-3,7-8,11-12H2,1H3. The van der Waals surface area contributed by atoms with Crippen LogP contribution in [-0.4, -0.2) is 13.2 Å². The van der Waals surface area contributed by atoms with Crippen LogP contribution in [0.1, 0.15) is 36.8 Å². The summed E-state index contributed by atoms with van der Waals surface area (Å²) in [5.74, 6) is 0.177. The number of hydrogen-bond acceptors (Lipinski definition) is 3. The molecule has 1 N–H and O–H groups in total. The molecule has 0 spiro atoms. The van der Waals surface area contributed by atoms with E-state index in [-0.39, 0.29) is 5.92 Å². The van der Waals surface area contributed by atoms with Crippen LogP contribution in [0.5, 0.6) is 0 Å². The molecule has 102 valence electrons. The van der Waals surface area contributed by atoms with Gasteiger partial charge in [0.15, 0.2) is 0 Å². The highest BCUT2D eigenvalue weighted by Gasteiger charge is 2.24.